The van der Waals surface area contributed by atoms with E-state index in [2.05, 4.69) is 21.3 Å². The SMILES string of the molecule is Fc1cccc(CC(CCl)Cc2sccc2Br)c1. The van der Waals surface area contributed by atoms with Crippen LogP contribution >= 0.6 is 38.9 Å². The number of halogens is 3. The fraction of sp³-hybridized carbons (Fsp3) is 0.286. The van der Waals surface area contributed by atoms with Gasteiger partial charge in [0, 0.05) is 15.2 Å². The number of benzene rings is 1. The Hall–Kier alpha value is -0.380. The lowest BCUT2D eigenvalue weighted by molar-refractivity contribution is 0.580. The van der Waals surface area contributed by atoms with Gasteiger partial charge < -0.3 is 0 Å². The molecule has 0 aliphatic heterocycles. The number of rotatable bonds is 5. The Morgan fingerprint density at radius 1 is 1.28 bits per heavy atom. The van der Waals surface area contributed by atoms with Crippen molar-refractivity contribution < 1.29 is 4.39 Å². The van der Waals surface area contributed by atoms with Gasteiger partial charge in [-0.2, -0.15) is 0 Å². The highest BCUT2D eigenvalue weighted by atomic mass is 79.9. The molecule has 0 N–H and O–H groups in total. The summed E-state index contributed by atoms with van der Waals surface area (Å²) in [7, 11) is 0. The lowest BCUT2D eigenvalue weighted by atomic mass is 9.97. The van der Waals surface area contributed by atoms with Crippen molar-refractivity contribution in [3.8, 4) is 0 Å². The van der Waals surface area contributed by atoms with E-state index in [0.29, 0.717) is 11.8 Å². The highest BCUT2D eigenvalue weighted by Crippen LogP contribution is 2.27. The molecular formula is C14H13BrClFS. The first kappa shape index (κ1) is 14.0. The predicted molar refractivity (Wildman–Crippen MR) is 80.0 cm³/mol. The van der Waals surface area contributed by atoms with Gasteiger partial charge in [0.25, 0.3) is 0 Å². The Morgan fingerprint density at radius 3 is 2.72 bits per heavy atom. The van der Waals surface area contributed by atoms with Crippen molar-refractivity contribution in [2.45, 2.75) is 12.8 Å². The molecule has 0 bridgehead atoms. The van der Waals surface area contributed by atoms with Crippen molar-refractivity contribution in [3.63, 3.8) is 0 Å². The van der Waals surface area contributed by atoms with Crippen LogP contribution in [0.1, 0.15) is 10.4 Å². The minimum Gasteiger partial charge on any atom is -0.207 e. The second-order valence-corrected chi connectivity index (χ2v) is 6.41. The van der Waals surface area contributed by atoms with E-state index >= 15 is 0 Å². The van der Waals surface area contributed by atoms with Gasteiger partial charge in [-0.15, -0.1) is 22.9 Å². The van der Waals surface area contributed by atoms with Crippen LogP contribution in [0.4, 0.5) is 4.39 Å². The quantitative estimate of drug-likeness (QED) is 0.645. The lowest BCUT2D eigenvalue weighted by Gasteiger charge is -2.13. The zero-order valence-electron chi connectivity index (χ0n) is 9.70. The summed E-state index contributed by atoms with van der Waals surface area (Å²) >= 11 is 11.3. The van der Waals surface area contributed by atoms with Crippen LogP contribution in [0.5, 0.6) is 0 Å². The molecule has 1 heterocycles. The molecule has 96 valence electrons. The Kier molecular flexibility index (Phi) is 5.22. The Bertz CT molecular complexity index is 512. The topological polar surface area (TPSA) is 0 Å². The third-order valence-electron chi connectivity index (χ3n) is 2.80. The standard InChI is InChI=1S/C14H13BrClFS/c15-13-4-5-18-14(13)8-11(9-16)6-10-2-1-3-12(17)7-10/h1-5,7,11H,6,8-9H2. The van der Waals surface area contributed by atoms with Gasteiger partial charge in [0.15, 0.2) is 0 Å². The van der Waals surface area contributed by atoms with E-state index in [1.54, 1.807) is 23.5 Å². The van der Waals surface area contributed by atoms with Crippen LogP contribution in [0, 0.1) is 11.7 Å². The number of alkyl halides is 1. The fourth-order valence-corrected chi connectivity index (χ4v) is 3.76. The van der Waals surface area contributed by atoms with E-state index in [0.717, 1.165) is 22.9 Å². The van der Waals surface area contributed by atoms with Gasteiger partial charge in [0.05, 0.1) is 0 Å². The first-order valence-electron chi connectivity index (χ1n) is 5.71. The summed E-state index contributed by atoms with van der Waals surface area (Å²) in [4.78, 5) is 1.30. The maximum absolute atomic E-state index is 13.1. The summed E-state index contributed by atoms with van der Waals surface area (Å²) in [5, 5.41) is 2.06. The highest BCUT2D eigenvalue weighted by Gasteiger charge is 2.13. The molecule has 4 heteroatoms. The minimum absolute atomic E-state index is 0.182. The highest BCUT2D eigenvalue weighted by molar-refractivity contribution is 9.10. The summed E-state index contributed by atoms with van der Waals surface area (Å²) in [5.41, 5.74) is 1.01. The molecule has 2 rings (SSSR count). The van der Waals surface area contributed by atoms with Crippen molar-refractivity contribution in [1.82, 2.24) is 0 Å². The van der Waals surface area contributed by atoms with Gasteiger partial charge in [-0.25, -0.2) is 4.39 Å². The van der Waals surface area contributed by atoms with Crippen molar-refractivity contribution in [3.05, 3.63) is 56.4 Å². The Labute approximate surface area is 124 Å². The zero-order chi connectivity index (χ0) is 13.0. The minimum atomic E-state index is -0.182. The molecule has 0 fully saturated rings. The van der Waals surface area contributed by atoms with Crippen molar-refractivity contribution >= 4 is 38.9 Å². The Balaban J connectivity index is 2.04. The molecule has 0 saturated heterocycles. The van der Waals surface area contributed by atoms with Gasteiger partial charge in [-0.1, -0.05) is 12.1 Å². The maximum atomic E-state index is 13.1. The molecule has 18 heavy (non-hydrogen) atoms. The molecular weight excluding hydrogens is 335 g/mol. The summed E-state index contributed by atoms with van der Waals surface area (Å²) in [6, 6.07) is 8.80. The zero-order valence-corrected chi connectivity index (χ0v) is 12.9. The molecule has 1 unspecified atom stereocenters. The number of hydrogen-bond acceptors (Lipinski definition) is 1. The Morgan fingerprint density at radius 2 is 2.11 bits per heavy atom. The maximum Gasteiger partial charge on any atom is 0.123 e. The van der Waals surface area contributed by atoms with E-state index in [1.165, 1.54) is 10.9 Å². The molecule has 1 aromatic heterocycles. The fourth-order valence-electron chi connectivity index (χ4n) is 1.91. The van der Waals surface area contributed by atoms with Crippen LogP contribution in [-0.2, 0) is 12.8 Å². The molecule has 1 atom stereocenters. The number of thiophene rings is 1. The molecule has 0 saturated carbocycles. The third-order valence-corrected chi connectivity index (χ3v) is 5.18. The summed E-state index contributed by atoms with van der Waals surface area (Å²) < 4.78 is 14.3. The summed E-state index contributed by atoms with van der Waals surface area (Å²) in [6.45, 7) is 0. The summed E-state index contributed by atoms with van der Waals surface area (Å²) in [5.74, 6) is 0.738. The molecule has 0 aliphatic carbocycles. The average molecular weight is 348 g/mol. The van der Waals surface area contributed by atoms with Crippen LogP contribution in [0.15, 0.2) is 40.2 Å². The monoisotopic (exact) mass is 346 g/mol. The number of hydrogen-bond donors (Lipinski definition) is 0. The van der Waals surface area contributed by atoms with Crippen LogP contribution in [0.3, 0.4) is 0 Å². The molecule has 0 spiro atoms. The van der Waals surface area contributed by atoms with E-state index < -0.39 is 0 Å². The van der Waals surface area contributed by atoms with Crippen molar-refractivity contribution in [2.75, 3.05) is 5.88 Å². The predicted octanol–water partition coefficient (Wildman–Crippen LogP) is 5.29. The molecule has 0 nitrogen and oxygen atoms in total. The van der Waals surface area contributed by atoms with E-state index in [1.807, 2.05) is 12.1 Å². The van der Waals surface area contributed by atoms with Crippen molar-refractivity contribution in [1.29, 1.82) is 0 Å². The van der Waals surface area contributed by atoms with Gasteiger partial charge in [0.2, 0.25) is 0 Å². The molecule has 0 aliphatic rings. The van der Waals surface area contributed by atoms with E-state index in [-0.39, 0.29) is 5.82 Å². The van der Waals surface area contributed by atoms with Gasteiger partial charge in [-0.05, 0) is 63.8 Å². The van der Waals surface area contributed by atoms with E-state index in [9.17, 15) is 4.39 Å². The van der Waals surface area contributed by atoms with Crippen LogP contribution in [0.25, 0.3) is 0 Å². The van der Waals surface area contributed by atoms with E-state index in [4.69, 9.17) is 11.6 Å². The first-order chi connectivity index (χ1) is 8.69. The third kappa shape index (κ3) is 3.81. The van der Waals surface area contributed by atoms with Gasteiger partial charge >= 0.3 is 0 Å². The first-order valence-corrected chi connectivity index (χ1v) is 7.92. The average Bonchev–Trinajstić information content (AvgIpc) is 2.74. The van der Waals surface area contributed by atoms with Crippen LogP contribution < -0.4 is 0 Å². The lowest BCUT2D eigenvalue weighted by Crippen LogP contribution is -2.09. The normalized spacial score (nSPS) is 12.6. The van der Waals surface area contributed by atoms with Crippen LogP contribution in [0.2, 0.25) is 0 Å². The molecule has 2 aromatic rings. The largest absolute Gasteiger partial charge is 0.207 e. The second kappa shape index (κ2) is 6.69. The van der Waals surface area contributed by atoms with Crippen molar-refractivity contribution in [2.24, 2.45) is 5.92 Å². The van der Waals surface area contributed by atoms with Gasteiger partial charge in [0.1, 0.15) is 5.82 Å². The van der Waals surface area contributed by atoms with Crippen LogP contribution in [-0.4, -0.2) is 5.88 Å². The second-order valence-electron chi connectivity index (χ2n) is 4.25. The smallest absolute Gasteiger partial charge is 0.123 e. The molecule has 1 aromatic carbocycles. The molecule has 0 amide bonds. The molecule has 0 radical (unpaired) electrons. The van der Waals surface area contributed by atoms with Gasteiger partial charge in [-0.3, -0.25) is 0 Å². The summed E-state index contributed by atoms with van der Waals surface area (Å²) in [6.07, 6.45) is 1.74.